The van der Waals surface area contributed by atoms with E-state index in [1.807, 2.05) is 27.9 Å². The molecule has 2 aliphatic heterocycles. The van der Waals surface area contributed by atoms with Crippen LogP contribution in [-0.2, 0) is 11.3 Å². The first kappa shape index (κ1) is 23.5. The van der Waals surface area contributed by atoms with Gasteiger partial charge in [-0.05, 0) is 44.5 Å². The number of amides is 1. The number of benzene rings is 1. The van der Waals surface area contributed by atoms with Gasteiger partial charge in [-0.1, -0.05) is 6.07 Å². The van der Waals surface area contributed by atoms with E-state index in [4.69, 9.17) is 9.72 Å². The van der Waals surface area contributed by atoms with Gasteiger partial charge in [0.15, 0.2) is 5.82 Å². The van der Waals surface area contributed by atoms with Crippen LogP contribution < -0.4 is 4.74 Å². The lowest BCUT2D eigenvalue weighted by Gasteiger charge is -2.36. The van der Waals surface area contributed by atoms with Crippen LogP contribution in [0.15, 0.2) is 30.7 Å². The maximum atomic E-state index is 12.1. The molecular weight excluding hydrogens is 446 g/mol. The van der Waals surface area contributed by atoms with Gasteiger partial charge < -0.3 is 19.3 Å². The van der Waals surface area contributed by atoms with E-state index in [0.29, 0.717) is 26.2 Å². The van der Waals surface area contributed by atoms with Crippen LogP contribution in [0, 0.1) is 0 Å². The number of piperidine rings is 1. The van der Waals surface area contributed by atoms with Gasteiger partial charge in [0.2, 0.25) is 5.91 Å². The van der Waals surface area contributed by atoms with Gasteiger partial charge in [0.25, 0.3) is 0 Å². The van der Waals surface area contributed by atoms with Gasteiger partial charge in [-0.3, -0.25) is 9.69 Å². The van der Waals surface area contributed by atoms with Crippen molar-refractivity contribution >= 4 is 5.91 Å². The van der Waals surface area contributed by atoms with E-state index in [2.05, 4.69) is 34.6 Å². The fourth-order valence-electron chi connectivity index (χ4n) is 4.91. The van der Waals surface area contributed by atoms with Crippen molar-refractivity contribution in [2.24, 2.45) is 0 Å². The molecule has 1 aromatic carbocycles. The highest BCUT2D eigenvalue weighted by Crippen LogP contribution is 2.38. The average molecular weight is 480 g/mol. The van der Waals surface area contributed by atoms with Crippen molar-refractivity contribution in [3.63, 3.8) is 0 Å². The Balaban J connectivity index is 1.38. The predicted molar refractivity (Wildman–Crippen MR) is 131 cm³/mol. The van der Waals surface area contributed by atoms with Gasteiger partial charge in [-0.25, -0.2) is 14.6 Å². The minimum Gasteiger partial charge on any atom is -0.491 e. The van der Waals surface area contributed by atoms with Crippen LogP contribution in [0.2, 0.25) is 0 Å². The number of rotatable bonds is 5. The molecule has 0 radical (unpaired) electrons. The summed E-state index contributed by atoms with van der Waals surface area (Å²) in [4.78, 5) is 25.0. The molecule has 4 heterocycles. The number of aliphatic hydroxyl groups excluding tert-OH is 1. The zero-order valence-electron chi connectivity index (χ0n) is 20.8. The first-order chi connectivity index (χ1) is 16.8. The molecule has 2 aromatic heterocycles. The Kier molecular flexibility index (Phi) is 6.33. The summed E-state index contributed by atoms with van der Waals surface area (Å²) in [6.45, 7) is 6.94. The van der Waals surface area contributed by atoms with Crippen molar-refractivity contribution in [1.82, 2.24) is 34.1 Å². The second-order valence-corrected chi connectivity index (χ2v) is 9.85. The second kappa shape index (κ2) is 9.43. The van der Waals surface area contributed by atoms with Crippen LogP contribution in [0.5, 0.6) is 5.75 Å². The fourth-order valence-corrected chi connectivity index (χ4v) is 4.91. The third kappa shape index (κ3) is 4.55. The first-order valence-electron chi connectivity index (χ1n) is 12.2. The number of carbonyl (C=O) groups excluding carboxylic acids is 1. The minimum atomic E-state index is -0.543. The van der Waals surface area contributed by atoms with Gasteiger partial charge in [0.05, 0.1) is 24.8 Å². The van der Waals surface area contributed by atoms with Gasteiger partial charge in [0.1, 0.15) is 30.2 Å². The molecular formula is C25H33N7O3. The number of carbonyl (C=O) groups is 1. The quantitative estimate of drug-likeness (QED) is 0.597. The molecule has 1 N–H and O–H groups in total. The van der Waals surface area contributed by atoms with Crippen LogP contribution in [0.1, 0.15) is 37.8 Å². The van der Waals surface area contributed by atoms with E-state index >= 15 is 0 Å². The van der Waals surface area contributed by atoms with Crippen LogP contribution in [-0.4, -0.2) is 91.6 Å². The Labute approximate surface area is 205 Å². The second-order valence-electron chi connectivity index (χ2n) is 9.85. The van der Waals surface area contributed by atoms with Crippen molar-refractivity contribution in [2.75, 3.05) is 40.3 Å². The summed E-state index contributed by atoms with van der Waals surface area (Å²) >= 11 is 0. The summed E-state index contributed by atoms with van der Waals surface area (Å²) in [6, 6.07) is 6.34. The fraction of sp³-hybridized carbons (Fsp3) is 0.520. The number of imidazole rings is 1. The molecule has 0 saturated carbocycles. The molecule has 0 bridgehead atoms. The highest BCUT2D eigenvalue weighted by molar-refractivity contribution is 5.77. The van der Waals surface area contributed by atoms with Crippen molar-refractivity contribution in [2.45, 2.75) is 44.9 Å². The first-order valence-corrected chi connectivity index (χ1v) is 12.2. The van der Waals surface area contributed by atoms with Gasteiger partial charge in [-0.2, -0.15) is 5.10 Å². The molecule has 10 heteroatoms. The van der Waals surface area contributed by atoms with Gasteiger partial charge in [-0.15, -0.1) is 0 Å². The number of aliphatic hydroxyl groups is 1. The number of fused-ring (bicyclic) bond motifs is 3. The predicted octanol–water partition coefficient (Wildman–Crippen LogP) is 2.02. The van der Waals surface area contributed by atoms with E-state index in [1.165, 1.54) is 0 Å². The molecule has 2 aliphatic rings. The number of β-amino-alcohol motifs (C(OH)–C–C–N with tert-alkyl or cyclic N) is 1. The third-order valence-corrected chi connectivity index (χ3v) is 6.86. The third-order valence-electron chi connectivity index (χ3n) is 6.86. The van der Waals surface area contributed by atoms with Crippen LogP contribution in [0.3, 0.4) is 0 Å². The Morgan fingerprint density at radius 1 is 1.26 bits per heavy atom. The summed E-state index contributed by atoms with van der Waals surface area (Å²) in [5.41, 5.74) is 2.77. The van der Waals surface area contributed by atoms with E-state index in [9.17, 15) is 9.90 Å². The summed E-state index contributed by atoms with van der Waals surface area (Å²) in [5.74, 6) is 2.42. The van der Waals surface area contributed by atoms with Crippen LogP contribution >= 0.6 is 0 Å². The number of ether oxygens (including phenoxy) is 1. The molecule has 186 valence electrons. The van der Waals surface area contributed by atoms with Crippen LogP contribution in [0.25, 0.3) is 22.9 Å². The van der Waals surface area contributed by atoms with Gasteiger partial charge >= 0.3 is 0 Å². The highest BCUT2D eigenvalue weighted by atomic mass is 16.5. The lowest BCUT2D eigenvalue weighted by Crippen LogP contribution is -2.46. The molecule has 1 saturated heterocycles. The molecule has 3 aromatic rings. The zero-order chi connectivity index (χ0) is 24.7. The number of nitrogens with zero attached hydrogens (tertiary/aromatic N) is 7. The SMILES string of the molecule is CC(C)n1ncnc1-c1cn2c(n1)-c1ccc([C@@H]3CCN(CC(=O)N(C)C)C[C@@H]3O)cc1OCC2. The molecule has 1 fully saturated rings. The average Bonchev–Trinajstić information content (AvgIpc) is 3.43. The summed E-state index contributed by atoms with van der Waals surface area (Å²) in [6.07, 6.45) is 3.82. The molecule has 1 amide bonds. The van der Waals surface area contributed by atoms with E-state index in [-0.39, 0.29) is 17.9 Å². The molecule has 2 atom stereocenters. The number of likely N-dealkylation sites (N-methyl/N-ethyl adjacent to an activating group) is 1. The molecule has 0 spiro atoms. The maximum absolute atomic E-state index is 12.1. The Morgan fingerprint density at radius 2 is 2.09 bits per heavy atom. The van der Waals surface area contributed by atoms with Crippen molar-refractivity contribution in [3.05, 3.63) is 36.3 Å². The van der Waals surface area contributed by atoms with Crippen LogP contribution in [0.4, 0.5) is 0 Å². The summed E-state index contributed by atoms with van der Waals surface area (Å²) < 4.78 is 10.1. The molecule has 0 unspecified atom stereocenters. The van der Waals surface area contributed by atoms with E-state index < -0.39 is 6.10 Å². The maximum Gasteiger partial charge on any atom is 0.236 e. The van der Waals surface area contributed by atoms with Crippen molar-refractivity contribution in [3.8, 4) is 28.7 Å². The lowest BCUT2D eigenvalue weighted by atomic mass is 9.86. The topological polar surface area (TPSA) is 102 Å². The van der Waals surface area contributed by atoms with Crippen molar-refractivity contribution < 1.29 is 14.6 Å². The number of hydrogen-bond donors (Lipinski definition) is 1. The Hall–Kier alpha value is -3.24. The molecule has 5 rings (SSSR count). The van der Waals surface area contributed by atoms with Gasteiger partial charge in [0, 0.05) is 38.8 Å². The normalized spacial score (nSPS) is 20.2. The van der Waals surface area contributed by atoms with E-state index in [1.54, 1.807) is 25.3 Å². The number of aromatic nitrogens is 5. The molecule has 35 heavy (non-hydrogen) atoms. The number of hydrogen-bond acceptors (Lipinski definition) is 7. The molecule has 10 nitrogen and oxygen atoms in total. The molecule has 0 aliphatic carbocycles. The smallest absolute Gasteiger partial charge is 0.236 e. The highest BCUT2D eigenvalue weighted by Gasteiger charge is 2.31. The van der Waals surface area contributed by atoms with E-state index in [0.717, 1.165) is 47.2 Å². The monoisotopic (exact) mass is 479 g/mol. The zero-order valence-corrected chi connectivity index (χ0v) is 20.8. The lowest BCUT2D eigenvalue weighted by molar-refractivity contribution is -0.130. The Morgan fingerprint density at radius 3 is 2.83 bits per heavy atom. The standard InChI is InChI=1S/C25H33N7O3/c1-16(2)32-25(26-15-27-32)20-12-31-9-10-35-22-11-17(5-6-19(22)24(31)28-20)18-7-8-30(13-21(18)33)14-23(34)29(3)4/h5-6,11-12,15-16,18,21,33H,7-10,13-14H2,1-4H3/t18-,21-/m0/s1. The summed E-state index contributed by atoms with van der Waals surface area (Å²) in [7, 11) is 3.51. The number of likely N-dealkylation sites (tertiary alicyclic amines) is 1. The minimum absolute atomic E-state index is 0.00207. The largest absolute Gasteiger partial charge is 0.491 e. The Bertz CT molecular complexity index is 1220. The van der Waals surface area contributed by atoms with Crippen molar-refractivity contribution in [1.29, 1.82) is 0 Å². The summed E-state index contributed by atoms with van der Waals surface area (Å²) in [5, 5.41) is 15.2.